The van der Waals surface area contributed by atoms with Crippen LogP contribution < -0.4 is 25.9 Å². The highest BCUT2D eigenvalue weighted by Crippen LogP contribution is 2.27. The number of hydrogen-bond acceptors (Lipinski definition) is 8. The smallest absolute Gasteiger partial charge is 0.408 e. The molecule has 0 bridgehead atoms. The van der Waals surface area contributed by atoms with Crippen molar-refractivity contribution in [1.29, 1.82) is 0 Å². The summed E-state index contributed by atoms with van der Waals surface area (Å²) in [5.41, 5.74) is 9.53. The van der Waals surface area contributed by atoms with Crippen molar-refractivity contribution in [3.63, 3.8) is 0 Å². The van der Waals surface area contributed by atoms with Crippen LogP contribution >= 0.6 is 0 Å². The number of imidazole rings is 1. The second-order valence-electron chi connectivity index (χ2n) is 7.44. The van der Waals surface area contributed by atoms with Crippen LogP contribution in [0.1, 0.15) is 16.8 Å². The van der Waals surface area contributed by atoms with E-state index in [2.05, 4.69) is 25.8 Å². The van der Waals surface area contributed by atoms with Crippen molar-refractivity contribution in [3.8, 4) is 11.5 Å². The van der Waals surface area contributed by atoms with E-state index in [0.29, 0.717) is 22.8 Å². The van der Waals surface area contributed by atoms with Crippen LogP contribution in [-0.2, 0) is 27.4 Å². The third kappa shape index (κ3) is 8.17. The van der Waals surface area contributed by atoms with Crippen molar-refractivity contribution in [3.05, 3.63) is 77.9 Å². The number of nitrogens with one attached hydrogen (secondary N) is 3. The summed E-state index contributed by atoms with van der Waals surface area (Å²) in [5, 5.41) is 6.51. The highest BCUT2D eigenvalue weighted by Gasteiger charge is 2.22. The Kier molecular flexibility index (Phi) is 9.39. The number of benzene rings is 2. The number of primary amides is 1. The molecule has 12 nitrogen and oxygen atoms in total. The Labute approximate surface area is 206 Å². The van der Waals surface area contributed by atoms with E-state index in [1.807, 2.05) is 30.3 Å². The molecule has 0 saturated carbocycles. The van der Waals surface area contributed by atoms with E-state index in [1.54, 1.807) is 24.4 Å². The molecular formula is C24H26N6O6. The van der Waals surface area contributed by atoms with Crippen LogP contribution in [0.3, 0.4) is 0 Å². The Hall–Kier alpha value is -4.87. The van der Waals surface area contributed by atoms with E-state index in [0.717, 1.165) is 5.56 Å². The molecule has 0 aliphatic rings. The molecule has 1 heterocycles. The number of carbonyl (C=O) groups is 3. The van der Waals surface area contributed by atoms with E-state index in [9.17, 15) is 14.4 Å². The number of H-pyrrole nitrogens is 1. The van der Waals surface area contributed by atoms with Crippen LogP contribution in [0.2, 0.25) is 0 Å². The number of aromatic nitrogens is 2. The lowest BCUT2D eigenvalue weighted by atomic mass is 10.1. The molecule has 1 atom stereocenters. The van der Waals surface area contributed by atoms with Gasteiger partial charge in [-0.2, -0.15) is 5.10 Å². The summed E-state index contributed by atoms with van der Waals surface area (Å²) in [6.45, 7) is -0.234. The molecule has 3 rings (SSSR count). The normalized spacial score (nSPS) is 11.5. The standard InChI is InChI=1S/C24H26N6O6/c1-34-21-9-17(7-8-20(21)35-14-22(25)31)11-28-30-23(32)19(10-18-12-26-15-27-18)29-24(33)36-13-16-5-3-2-4-6-16/h2-9,11-12,15,19H,10,13-14H2,1H3,(H2,25,31)(H,26,27)(H,29,33)(H,30,32)/b28-11-/t19-/m0/s1. The fourth-order valence-electron chi connectivity index (χ4n) is 3.01. The maximum atomic E-state index is 12.8. The maximum Gasteiger partial charge on any atom is 0.408 e. The molecule has 3 amide bonds. The van der Waals surface area contributed by atoms with E-state index >= 15 is 0 Å². The second kappa shape index (κ2) is 13.1. The van der Waals surface area contributed by atoms with Crippen molar-refractivity contribution in [2.45, 2.75) is 19.1 Å². The van der Waals surface area contributed by atoms with Gasteiger partial charge in [0.05, 0.1) is 19.7 Å². The predicted octanol–water partition coefficient (Wildman–Crippen LogP) is 1.27. The first-order valence-electron chi connectivity index (χ1n) is 10.8. The van der Waals surface area contributed by atoms with Crippen LogP contribution in [0, 0.1) is 0 Å². The number of nitrogens with zero attached hydrogens (tertiary/aromatic N) is 2. The molecule has 1 aromatic heterocycles. The van der Waals surface area contributed by atoms with Gasteiger partial charge in [0.25, 0.3) is 11.8 Å². The Balaban J connectivity index is 1.61. The number of nitrogens with two attached hydrogens (primary N) is 1. The highest BCUT2D eigenvalue weighted by atomic mass is 16.5. The average Bonchev–Trinajstić information content (AvgIpc) is 3.40. The third-order valence-corrected chi connectivity index (χ3v) is 4.75. The monoisotopic (exact) mass is 494 g/mol. The van der Waals surface area contributed by atoms with Gasteiger partial charge in [-0.1, -0.05) is 30.3 Å². The number of carbonyl (C=O) groups excluding carboxylic acids is 3. The first-order chi connectivity index (χ1) is 17.4. The van der Waals surface area contributed by atoms with Gasteiger partial charge in [0.2, 0.25) is 0 Å². The van der Waals surface area contributed by atoms with Gasteiger partial charge in [0.15, 0.2) is 18.1 Å². The number of aromatic amines is 1. The highest BCUT2D eigenvalue weighted by molar-refractivity contribution is 5.87. The molecular weight excluding hydrogens is 468 g/mol. The van der Waals surface area contributed by atoms with Gasteiger partial charge in [-0.15, -0.1) is 0 Å². The minimum Gasteiger partial charge on any atom is -0.493 e. The van der Waals surface area contributed by atoms with Gasteiger partial charge in [-0.3, -0.25) is 9.59 Å². The molecule has 0 unspecified atom stereocenters. The van der Waals surface area contributed by atoms with Gasteiger partial charge < -0.3 is 30.2 Å². The summed E-state index contributed by atoms with van der Waals surface area (Å²) in [6.07, 6.45) is 3.80. The number of amides is 3. The lowest BCUT2D eigenvalue weighted by Gasteiger charge is -2.16. The Morgan fingerprint density at radius 1 is 1.17 bits per heavy atom. The van der Waals surface area contributed by atoms with Gasteiger partial charge >= 0.3 is 6.09 Å². The molecule has 12 heteroatoms. The summed E-state index contributed by atoms with van der Waals surface area (Å²) in [4.78, 5) is 42.8. The second-order valence-corrected chi connectivity index (χ2v) is 7.44. The average molecular weight is 495 g/mol. The van der Waals surface area contributed by atoms with E-state index < -0.39 is 23.9 Å². The molecule has 5 N–H and O–H groups in total. The number of rotatable bonds is 12. The molecule has 0 radical (unpaired) electrons. The Bertz CT molecular complexity index is 1180. The zero-order valence-electron chi connectivity index (χ0n) is 19.5. The maximum absolute atomic E-state index is 12.8. The van der Waals surface area contributed by atoms with Crippen molar-refractivity contribution in [2.75, 3.05) is 13.7 Å². The lowest BCUT2D eigenvalue weighted by Crippen LogP contribution is -2.47. The molecule has 0 saturated heterocycles. The molecule has 2 aromatic carbocycles. The molecule has 36 heavy (non-hydrogen) atoms. The van der Waals surface area contributed by atoms with Gasteiger partial charge in [-0.25, -0.2) is 15.2 Å². The van der Waals surface area contributed by atoms with Crippen LogP contribution in [-0.4, -0.2) is 53.8 Å². The van der Waals surface area contributed by atoms with Crippen molar-refractivity contribution in [2.24, 2.45) is 10.8 Å². The van der Waals surface area contributed by atoms with E-state index in [4.69, 9.17) is 19.9 Å². The lowest BCUT2D eigenvalue weighted by molar-refractivity contribution is -0.123. The number of ether oxygens (including phenoxy) is 3. The minimum atomic E-state index is -0.981. The summed E-state index contributed by atoms with van der Waals surface area (Å²) in [6, 6.07) is 13.0. The van der Waals surface area contributed by atoms with Crippen LogP contribution in [0.5, 0.6) is 11.5 Å². The quantitative estimate of drug-likeness (QED) is 0.217. The number of alkyl carbamates (subject to hydrolysis) is 1. The Morgan fingerprint density at radius 2 is 1.97 bits per heavy atom. The number of methoxy groups -OCH3 is 1. The van der Waals surface area contributed by atoms with Crippen molar-refractivity contribution < 1.29 is 28.6 Å². The first-order valence-corrected chi connectivity index (χ1v) is 10.8. The van der Waals surface area contributed by atoms with Gasteiger partial charge in [0, 0.05) is 18.3 Å². The topological polar surface area (TPSA) is 170 Å². The molecule has 0 spiro atoms. The molecule has 0 aliphatic heterocycles. The van der Waals surface area contributed by atoms with Crippen LogP contribution in [0.15, 0.2) is 66.2 Å². The zero-order chi connectivity index (χ0) is 25.8. The Morgan fingerprint density at radius 3 is 2.67 bits per heavy atom. The summed E-state index contributed by atoms with van der Waals surface area (Å²) < 4.78 is 15.7. The molecule has 0 fully saturated rings. The van der Waals surface area contributed by atoms with Gasteiger partial charge in [0.1, 0.15) is 12.6 Å². The number of hydrazone groups is 1. The van der Waals surface area contributed by atoms with Crippen molar-refractivity contribution >= 4 is 24.1 Å². The van der Waals surface area contributed by atoms with E-state index in [-0.39, 0.29) is 19.6 Å². The minimum absolute atomic E-state index is 0.0597. The fourth-order valence-corrected chi connectivity index (χ4v) is 3.01. The SMILES string of the molecule is COc1cc(/C=N\NC(=O)[C@H](Cc2cnc[nH]2)NC(=O)OCc2ccccc2)ccc1OCC(N)=O. The van der Waals surface area contributed by atoms with Crippen LogP contribution in [0.4, 0.5) is 4.79 Å². The van der Waals surface area contributed by atoms with Crippen molar-refractivity contribution in [1.82, 2.24) is 20.7 Å². The predicted molar refractivity (Wildman–Crippen MR) is 129 cm³/mol. The number of hydrogen-bond donors (Lipinski definition) is 4. The summed E-state index contributed by atoms with van der Waals surface area (Å²) in [7, 11) is 1.44. The molecule has 188 valence electrons. The van der Waals surface area contributed by atoms with Crippen LogP contribution in [0.25, 0.3) is 0 Å². The largest absolute Gasteiger partial charge is 0.493 e. The third-order valence-electron chi connectivity index (χ3n) is 4.75. The molecule has 3 aromatic rings. The van der Waals surface area contributed by atoms with E-state index in [1.165, 1.54) is 19.7 Å². The fraction of sp³-hybridized carbons (Fsp3) is 0.208. The zero-order valence-corrected chi connectivity index (χ0v) is 19.5. The van der Waals surface area contributed by atoms with Gasteiger partial charge in [-0.05, 0) is 29.3 Å². The summed E-state index contributed by atoms with van der Waals surface area (Å²) in [5.74, 6) is -0.500. The molecule has 0 aliphatic carbocycles. The first kappa shape index (κ1) is 25.7. The summed E-state index contributed by atoms with van der Waals surface area (Å²) >= 11 is 0.